The Morgan fingerprint density at radius 3 is 2.41 bits per heavy atom. The summed E-state index contributed by atoms with van der Waals surface area (Å²) in [7, 11) is 0. The quantitative estimate of drug-likeness (QED) is 0.424. The van der Waals surface area contributed by atoms with Crippen molar-refractivity contribution in [1.82, 2.24) is 0 Å². The summed E-state index contributed by atoms with van der Waals surface area (Å²) in [4.78, 5) is 34.5. The van der Waals surface area contributed by atoms with Gasteiger partial charge >= 0.3 is 0 Å². The highest BCUT2D eigenvalue weighted by Crippen LogP contribution is 2.24. The molecule has 0 bridgehead atoms. The minimum absolute atomic E-state index is 0.00189. The number of nitro groups is 1. The van der Waals surface area contributed by atoms with Gasteiger partial charge in [-0.25, -0.2) is 0 Å². The van der Waals surface area contributed by atoms with E-state index in [1.54, 1.807) is 38.1 Å². The van der Waals surface area contributed by atoms with Crippen LogP contribution in [0, 0.1) is 17.0 Å². The first-order valence-corrected chi connectivity index (χ1v) is 8.67. The molecule has 1 amide bonds. The summed E-state index contributed by atoms with van der Waals surface area (Å²) >= 11 is 0. The predicted molar refractivity (Wildman–Crippen MR) is 102 cm³/mol. The molecule has 2 aromatic carbocycles. The van der Waals surface area contributed by atoms with Crippen molar-refractivity contribution in [3.63, 3.8) is 0 Å². The molecule has 2 aromatic rings. The van der Waals surface area contributed by atoms with Crippen LogP contribution >= 0.6 is 0 Å². The number of aryl methyl sites for hydroxylation is 1. The van der Waals surface area contributed by atoms with Crippen LogP contribution in [0.4, 0.5) is 11.4 Å². The van der Waals surface area contributed by atoms with Crippen molar-refractivity contribution in [2.45, 2.75) is 39.7 Å². The monoisotopic (exact) mass is 370 g/mol. The largest absolute Gasteiger partial charge is 0.483 e. The van der Waals surface area contributed by atoms with Gasteiger partial charge in [-0.1, -0.05) is 6.92 Å². The number of carbonyl (C=O) groups is 2. The molecule has 7 heteroatoms. The second kappa shape index (κ2) is 8.93. The van der Waals surface area contributed by atoms with E-state index in [0.29, 0.717) is 29.0 Å². The lowest BCUT2D eigenvalue weighted by atomic mass is 10.1. The Morgan fingerprint density at radius 1 is 1.19 bits per heavy atom. The van der Waals surface area contributed by atoms with Crippen LogP contribution in [0.1, 0.15) is 42.6 Å². The van der Waals surface area contributed by atoms with Gasteiger partial charge in [0.1, 0.15) is 5.75 Å². The Balaban J connectivity index is 2.03. The van der Waals surface area contributed by atoms with Crippen molar-refractivity contribution < 1.29 is 19.2 Å². The van der Waals surface area contributed by atoms with E-state index in [9.17, 15) is 19.7 Å². The normalized spacial score (nSPS) is 11.5. The number of nitrogens with zero attached hydrogens (tertiary/aromatic N) is 1. The molecule has 0 aliphatic heterocycles. The summed E-state index contributed by atoms with van der Waals surface area (Å²) < 4.78 is 5.63. The maximum absolute atomic E-state index is 12.5. The van der Waals surface area contributed by atoms with Crippen LogP contribution in [0.25, 0.3) is 0 Å². The van der Waals surface area contributed by atoms with Gasteiger partial charge in [0.25, 0.3) is 5.69 Å². The minimum Gasteiger partial charge on any atom is -0.483 e. The lowest BCUT2D eigenvalue weighted by molar-refractivity contribution is -0.385. The highest BCUT2D eigenvalue weighted by molar-refractivity contribution is 6.00. The van der Waals surface area contributed by atoms with Gasteiger partial charge in [-0.05, 0) is 56.7 Å². The van der Waals surface area contributed by atoms with Crippen molar-refractivity contribution in [1.29, 1.82) is 0 Å². The molecule has 0 saturated heterocycles. The SMILES string of the molecule is CCCC(=O)Nc1ccc(C(=O)C(C)Oc2ccc([N+](=O)[O-])c(C)c2)cc1. The summed E-state index contributed by atoms with van der Waals surface area (Å²) in [5, 5.41) is 13.6. The van der Waals surface area contributed by atoms with Crippen LogP contribution in [0.15, 0.2) is 42.5 Å². The van der Waals surface area contributed by atoms with Crippen molar-refractivity contribution in [2.75, 3.05) is 5.32 Å². The van der Waals surface area contributed by atoms with E-state index >= 15 is 0 Å². The molecule has 0 aliphatic carbocycles. The Bertz CT molecular complexity index is 846. The van der Waals surface area contributed by atoms with Crippen LogP contribution in [-0.2, 0) is 4.79 Å². The standard InChI is InChI=1S/C20H22N2O5/c1-4-5-19(23)21-16-8-6-15(7-9-16)20(24)14(3)27-17-10-11-18(22(25)26)13(2)12-17/h6-12,14H,4-5H2,1-3H3,(H,21,23). The zero-order chi connectivity index (χ0) is 20.0. The van der Waals surface area contributed by atoms with Crippen LogP contribution in [0.5, 0.6) is 5.75 Å². The molecule has 27 heavy (non-hydrogen) atoms. The van der Waals surface area contributed by atoms with Gasteiger partial charge in [-0.2, -0.15) is 0 Å². The van der Waals surface area contributed by atoms with Crippen LogP contribution in [0.3, 0.4) is 0 Å². The lowest BCUT2D eigenvalue weighted by Crippen LogP contribution is -2.24. The number of nitrogens with one attached hydrogen (secondary N) is 1. The number of benzene rings is 2. The second-order valence-electron chi connectivity index (χ2n) is 6.21. The third kappa shape index (κ3) is 5.37. The molecule has 142 valence electrons. The number of nitro benzene ring substituents is 1. The van der Waals surface area contributed by atoms with Crippen LogP contribution in [-0.4, -0.2) is 22.7 Å². The fraction of sp³-hybridized carbons (Fsp3) is 0.300. The van der Waals surface area contributed by atoms with Gasteiger partial charge in [0.05, 0.1) is 4.92 Å². The van der Waals surface area contributed by atoms with Gasteiger partial charge in [0, 0.05) is 29.3 Å². The number of anilines is 1. The zero-order valence-corrected chi connectivity index (χ0v) is 15.5. The fourth-order valence-corrected chi connectivity index (χ4v) is 2.57. The van der Waals surface area contributed by atoms with E-state index in [1.165, 1.54) is 18.2 Å². The summed E-state index contributed by atoms with van der Waals surface area (Å²) in [5.41, 5.74) is 1.55. The summed E-state index contributed by atoms with van der Waals surface area (Å²) in [6, 6.07) is 11.0. The van der Waals surface area contributed by atoms with E-state index in [2.05, 4.69) is 5.32 Å². The van der Waals surface area contributed by atoms with E-state index in [-0.39, 0.29) is 17.4 Å². The third-order valence-electron chi connectivity index (χ3n) is 3.98. The van der Waals surface area contributed by atoms with E-state index < -0.39 is 11.0 Å². The average Bonchev–Trinajstić information content (AvgIpc) is 2.61. The molecule has 0 fully saturated rings. The van der Waals surface area contributed by atoms with Gasteiger partial charge in [0.2, 0.25) is 11.7 Å². The molecule has 0 radical (unpaired) electrons. The Morgan fingerprint density at radius 2 is 1.85 bits per heavy atom. The number of Topliss-reactive ketones (excluding diaryl/α,β-unsaturated/α-hetero) is 1. The molecule has 1 N–H and O–H groups in total. The first-order valence-electron chi connectivity index (χ1n) is 8.67. The number of amides is 1. The Labute approximate surface area is 157 Å². The summed E-state index contributed by atoms with van der Waals surface area (Å²) in [6.45, 7) is 5.16. The third-order valence-corrected chi connectivity index (χ3v) is 3.98. The molecule has 1 atom stereocenters. The number of ether oxygens (including phenoxy) is 1. The summed E-state index contributed by atoms with van der Waals surface area (Å²) in [6.07, 6.45) is 0.450. The maximum Gasteiger partial charge on any atom is 0.272 e. The van der Waals surface area contributed by atoms with Crippen molar-refractivity contribution in [2.24, 2.45) is 0 Å². The molecule has 0 spiro atoms. The zero-order valence-electron chi connectivity index (χ0n) is 15.5. The summed E-state index contributed by atoms with van der Waals surface area (Å²) in [5.74, 6) is 0.0988. The van der Waals surface area contributed by atoms with Gasteiger partial charge in [0.15, 0.2) is 6.10 Å². The molecule has 2 rings (SSSR count). The molecule has 0 aliphatic rings. The van der Waals surface area contributed by atoms with Crippen molar-refractivity contribution in [3.8, 4) is 5.75 Å². The minimum atomic E-state index is -0.758. The van der Waals surface area contributed by atoms with E-state index in [0.717, 1.165) is 6.42 Å². The number of rotatable bonds is 8. The highest BCUT2D eigenvalue weighted by Gasteiger charge is 2.18. The molecule has 1 unspecified atom stereocenters. The molecule has 7 nitrogen and oxygen atoms in total. The highest BCUT2D eigenvalue weighted by atomic mass is 16.6. The maximum atomic E-state index is 12.5. The van der Waals surface area contributed by atoms with Crippen LogP contribution in [0.2, 0.25) is 0 Å². The fourth-order valence-electron chi connectivity index (χ4n) is 2.57. The first kappa shape index (κ1) is 20.1. The molecular formula is C20H22N2O5. The number of hydrogen-bond donors (Lipinski definition) is 1. The number of carbonyl (C=O) groups excluding carboxylic acids is 2. The topological polar surface area (TPSA) is 98.5 Å². The van der Waals surface area contributed by atoms with Gasteiger partial charge < -0.3 is 10.1 Å². The first-order chi connectivity index (χ1) is 12.8. The van der Waals surface area contributed by atoms with Crippen molar-refractivity contribution >= 4 is 23.1 Å². The van der Waals surface area contributed by atoms with Crippen LogP contribution < -0.4 is 10.1 Å². The Hall–Kier alpha value is -3.22. The van der Waals surface area contributed by atoms with E-state index in [4.69, 9.17) is 4.74 Å². The number of ketones is 1. The smallest absolute Gasteiger partial charge is 0.272 e. The van der Waals surface area contributed by atoms with E-state index in [1.807, 2.05) is 6.92 Å². The van der Waals surface area contributed by atoms with Gasteiger partial charge in [-0.3, -0.25) is 19.7 Å². The average molecular weight is 370 g/mol. The van der Waals surface area contributed by atoms with Crippen molar-refractivity contribution in [3.05, 3.63) is 63.7 Å². The molecular weight excluding hydrogens is 348 g/mol. The molecule has 0 aromatic heterocycles. The number of hydrogen-bond acceptors (Lipinski definition) is 5. The Kier molecular flexibility index (Phi) is 6.65. The molecule has 0 heterocycles. The predicted octanol–water partition coefficient (Wildman–Crippen LogP) is 4.29. The van der Waals surface area contributed by atoms with Gasteiger partial charge in [-0.15, -0.1) is 0 Å². The second-order valence-corrected chi connectivity index (χ2v) is 6.21. The lowest BCUT2D eigenvalue weighted by Gasteiger charge is -2.14. The molecule has 0 saturated carbocycles.